The quantitative estimate of drug-likeness (QED) is 0.577. The highest BCUT2D eigenvalue weighted by atomic mass is 16.2. The molecule has 0 aromatic heterocycles. The van der Waals surface area contributed by atoms with E-state index < -0.39 is 6.03 Å². The molecule has 0 saturated heterocycles. The van der Waals surface area contributed by atoms with E-state index >= 15 is 0 Å². The van der Waals surface area contributed by atoms with Gasteiger partial charge in [0.25, 0.3) is 0 Å². The largest absolute Gasteiger partial charge is 0.350 e. The van der Waals surface area contributed by atoms with Gasteiger partial charge in [-0.2, -0.15) is 5.10 Å². The zero-order valence-corrected chi connectivity index (χ0v) is 9.44. The molecule has 16 heavy (non-hydrogen) atoms. The van der Waals surface area contributed by atoms with Gasteiger partial charge in [0, 0.05) is 5.71 Å². The molecule has 0 radical (unpaired) electrons. The van der Waals surface area contributed by atoms with Gasteiger partial charge in [0.1, 0.15) is 0 Å². The van der Waals surface area contributed by atoms with Gasteiger partial charge in [-0.3, -0.25) is 0 Å². The molecule has 0 atom stereocenters. The minimum absolute atomic E-state index is 0.620. The number of nitrogens with zero attached hydrogens (tertiary/aromatic N) is 1. The maximum atomic E-state index is 10.5. The van der Waals surface area contributed by atoms with Crippen LogP contribution in [0.25, 0.3) is 0 Å². The van der Waals surface area contributed by atoms with Gasteiger partial charge >= 0.3 is 6.03 Å². The Morgan fingerprint density at radius 3 is 2.62 bits per heavy atom. The van der Waals surface area contributed by atoms with E-state index in [1.807, 2.05) is 25.1 Å². The Balaban J connectivity index is 2.46. The number of benzene rings is 1. The number of urea groups is 1. The number of primary amides is 1. The van der Waals surface area contributed by atoms with Crippen molar-refractivity contribution >= 4 is 11.7 Å². The Labute approximate surface area is 95.5 Å². The highest BCUT2D eigenvalue weighted by Gasteiger charge is 1.99. The third kappa shape index (κ3) is 4.59. The van der Waals surface area contributed by atoms with Crippen LogP contribution in [0.15, 0.2) is 35.4 Å². The van der Waals surface area contributed by atoms with Gasteiger partial charge in [0.15, 0.2) is 0 Å². The minimum atomic E-state index is -0.620. The highest BCUT2D eigenvalue weighted by Crippen LogP contribution is 2.04. The number of nitrogens with one attached hydrogen (secondary N) is 1. The third-order valence-electron chi connectivity index (χ3n) is 2.28. The zero-order valence-electron chi connectivity index (χ0n) is 9.44. The summed E-state index contributed by atoms with van der Waals surface area (Å²) in [5.74, 6) is 0. The van der Waals surface area contributed by atoms with Crippen LogP contribution < -0.4 is 11.2 Å². The average Bonchev–Trinajstić information content (AvgIpc) is 2.30. The molecule has 0 spiro atoms. The minimum Gasteiger partial charge on any atom is -0.350 e. The molecule has 1 aromatic carbocycles. The first-order chi connectivity index (χ1) is 7.72. The van der Waals surface area contributed by atoms with Crippen molar-refractivity contribution in [1.29, 1.82) is 0 Å². The van der Waals surface area contributed by atoms with Gasteiger partial charge in [0.05, 0.1) is 0 Å². The number of hydrogen-bond acceptors (Lipinski definition) is 2. The lowest BCUT2D eigenvalue weighted by molar-refractivity contribution is 0.249. The first kappa shape index (κ1) is 12.2. The highest BCUT2D eigenvalue weighted by molar-refractivity contribution is 5.85. The second-order valence-electron chi connectivity index (χ2n) is 3.49. The van der Waals surface area contributed by atoms with Crippen LogP contribution in [0.3, 0.4) is 0 Å². The molecule has 0 fully saturated rings. The van der Waals surface area contributed by atoms with E-state index in [0.717, 1.165) is 25.0 Å². The lowest BCUT2D eigenvalue weighted by Gasteiger charge is -2.04. The van der Waals surface area contributed by atoms with E-state index in [-0.39, 0.29) is 0 Å². The zero-order chi connectivity index (χ0) is 11.8. The number of amides is 2. The summed E-state index contributed by atoms with van der Waals surface area (Å²) >= 11 is 0. The van der Waals surface area contributed by atoms with Crippen molar-refractivity contribution in [2.45, 2.75) is 26.2 Å². The molecule has 1 rings (SSSR count). The van der Waals surface area contributed by atoms with E-state index in [2.05, 4.69) is 22.7 Å². The van der Waals surface area contributed by atoms with Crippen LogP contribution in [-0.4, -0.2) is 11.7 Å². The maximum Gasteiger partial charge on any atom is 0.332 e. The molecule has 2 amide bonds. The van der Waals surface area contributed by atoms with Gasteiger partial charge in [0.2, 0.25) is 0 Å². The second-order valence-corrected chi connectivity index (χ2v) is 3.49. The molecule has 0 bridgehead atoms. The standard InChI is InChI=1S/C12H17N3O/c1-2-11(14-15-12(13)16)9-8-10-6-4-3-5-7-10/h3-7H,2,8-9H2,1H3,(H3,13,15,16). The van der Waals surface area contributed by atoms with Crippen LogP contribution in [-0.2, 0) is 6.42 Å². The van der Waals surface area contributed by atoms with Crippen molar-refractivity contribution in [3.63, 3.8) is 0 Å². The second kappa shape index (κ2) is 6.61. The molecule has 0 aliphatic rings. The molecule has 0 aliphatic heterocycles. The summed E-state index contributed by atoms with van der Waals surface area (Å²) in [6.45, 7) is 2.01. The van der Waals surface area contributed by atoms with E-state index in [9.17, 15) is 4.79 Å². The number of hydrogen-bond donors (Lipinski definition) is 2. The fraction of sp³-hybridized carbons (Fsp3) is 0.333. The molecule has 0 unspecified atom stereocenters. The summed E-state index contributed by atoms with van der Waals surface area (Å²) in [5.41, 5.74) is 9.42. The van der Waals surface area contributed by atoms with Crippen molar-refractivity contribution in [2.75, 3.05) is 0 Å². The SMILES string of the molecule is CCC(CCc1ccccc1)=NNC(N)=O. The number of hydrazone groups is 1. The summed E-state index contributed by atoms with van der Waals surface area (Å²) in [5, 5.41) is 3.95. The smallest absolute Gasteiger partial charge is 0.332 e. The van der Waals surface area contributed by atoms with Crippen molar-refractivity contribution in [3.8, 4) is 0 Å². The van der Waals surface area contributed by atoms with Crippen LogP contribution >= 0.6 is 0 Å². The molecule has 4 nitrogen and oxygen atoms in total. The van der Waals surface area contributed by atoms with Crippen molar-refractivity contribution in [2.24, 2.45) is 10.8 Å². The Hall–Kier alpha value is -1.84. The number of carbonyl (C=O) groups excluding carboxylic acids is 1. The summed E-state index contributed by atoms with van der Waals surface area (Å²) in [6.07, 6.45) is 2.57. The molecule has 86 valence electrons. The monoisotopic (exact) mass is 219 g/mol. The van der Waals surface area contributed by atoms with E-state index in [4.69, 9.17) is 5.73 Å². The molecular formula is C12H17N3O. The first-order valence-electron chi connectivity index (χ1n) is 5.37. The number of rotatable bonds is 5. The van der Waals surface area contributed by atoms with Crippen LogP contribution in [0.4, 0.5) is 4.79 Å². The fourth-order valence-electron chi connectivity index (χ4n) is 1.38. The molecule has 4 heteroatoms. The van der Waals surface area contributed by atoms with Crippen LogP contribution in [0.1, 0.15) is 25.3 Å². The maximum absolute atomic E-state index is 10.5. The first-order valence-corrected chi connectivity index (χ1v) is 5.37. The third-order valence-corrected chi connectivity index (χ3v) is 2.28. The lowest BCUT2D eigenvalue weighted by Crippen LogP contribution is -2.25. The lowest BCUT2D eigenvalue weighted by atomic mass is 10.1. The Morgan fingerprint density at radius 2 is 2.06 bits per heavy atom. The number of carbonyl (C=O) groups is 1. The Kier molecular flexibility index (Phi) is 5.05. The fourth-order valence-corrected chi connectivity index (χ4v) is 1.38. The average molecular weight is 219 g/mol. The van der Waals surface area contributed by atoms with Crippen LogP contribution in [0.5, 0.6) is 0 Å². The van der Waals surface area contributed by atoms with Gasteiger partial charge in [-0.05, 0) is 24.8 Å². The van der Waals surface area contributed by atoms with E-state index in [1.165, 1.54) is 5.56 Å². The number of nitrogens with two attached hydrogens (primary N) is 1. The summed E-state index contributed by atoms with van der Waals surface area (Å²) < 4.78 is 0. The normalized spacial score (nSPS) is 11.2. The predicted octanol–water partition coefficient (Wildman–Crippen LogP) is 2.05. The topological polar surface area (TPSA) is 67.5 Å². The summed E-state index contributed by atoms with van der Waals surface area (Å²) in [7, 11) is 0. The van der Waals surface area contributed by atoms with Crippen molar-refractivity contribution in [3.05, 3.63) is 35.9 Å². The number of aryl methyl sites for hydroxylation is 1. The van der Waals surface area contributed by atoms with Gasteiger partial charge < -0.3 is 5.73 Å². The van der Waals surface area contributed by atoms with E-state index in [1.54, 1.807) is 0 Å². The Bertz CT molecular complexity index is 360. The van der Waals surface area contributed by atoms with Gasteiger partial charge in [-0.1, -0.05) is 37.3 Å². The molecule has 0 saturated carbocycles. The van der Waals surface area contributed by atoms with Crippen LogP contribution in [0, 0.1) is 0 Å². The van der Waals surface area contributed by atoms with Gasteiger partial charge in [-0.25, -0.2) is 10.2 Å². The van der Waals surface area contributed by atoms with Crippen molar-refractivity contribution < 1.29 is 4.79 Å². The molecule has 0 aliphatic carbocycles. The predicted molar refractivity (Wildman–Crippen MR) is 65.2 cm³/mol. The summed E-state index contributed by atoms with van der Waals surface area (Å²) in [4.78, 5) is 10.5. The molecular weight excluding hydrogens is 202 g/mol. The Morgan fingerprint density at radius 1 is 1.38 bits per heavy atom. The molecule has 3 N–H and O–H groups in total. The van der Waals surface area contributed by atoms with E-state index in [0.29, 0.717) is 0 Å². The summed E-state index contributed by atoms with van der Waals surface area (Å²) in [6, 6.07) is 9.56. The van der Waals surface area contributed by atoms with Gasteiger partial charge in [-0.15, -0.1) is 0 Å². The van der Waals surface area contributed by atoms with Crippen LogP contribution in [0.2, 0.25) is 0 Å². The molecule has 1 aromatic rings. The molecule has 0 heterocycles. The van der Waals surface area contributed by atoms with Crippen molar-refractivity contribution in [1.82, 2.24) is 5.43 Å².